The van der Waals surface area contributed by atoms with Crippen molar-refractivity contribution in [2.24, 2.45) is 5.92 Å². The largest absolute Gasteiger partial charge is 0.497 e. The molecule has 9 heteroatoms. The van der Waals surface area contributed by atoms with Gasteiger partial charge >= 0.3 is 0 Å². The number of carbonyl (C=O) groups is 1. The Labute approximate surface area is 185 Å². The monoisotopic (exact) mass is 442 g/mol. The zero-order valence-corrected chi connectivity index (χ0v) is 18.7. The highest BCUT2D eigenvalue weighted by atomic mass is 32.1. The van der Waals surface area contributed by atoms with E-state index in [0.29, 0.717) is 41.3 Å². The summed E-state index contributed by atoms with van der Waals surface area (Å²) in [6.07, 6.45) is 3.92. The van der Waals surface area contributed by atoms with Gasteiger partial charge in [-0.1, -0.05) is 0 Å². The molecule has 2 aromatic heterocycles. The van der Waals surface area contributed by atoms with Crippen LogP contribution in [0.1, 0.15) is 53.5 Å². The normalized spacial score (nSPS) is 18.5. The van der Waals surface area contributed by atoms with Crippen molar-refractivity contribution in [1.82, 2.24) is 20.5 Å². The number of methoxy groups -OCH3 is 2. The number of hydrogen-bond donors (Lipinski definition) is 1. The topological polar surface area (TPSA) is 99.4 Å². The summed E-state index contributed by atoms with van der Waals surface area (Å²) >= 11 is 1.51. The molecule has 1 aliphatic carbocycles. The minimum atomic E-state index is -0.153. The van der Waals surface area contributed by atoms with E-state index < -0.39 is 0 Å². The van der Waals surface area contributed by atoms with E-state index >= 15 is 0 Å². The first-order chi connectivity index (χ1) is 15.1. The summed E-state index contributed by atoms with van der Waals surface area (Å²) < 4.78 is 16.5. The minimum Gasteiger partial charge on any atom is -0.497 e. The lowest BCUT2D eigenvalue weighted by molar-refractivity contribution is 0.0939. The van der Waals surface area contributed by atoms with E-state index in [1.807, 2.05) is 6.92 Å². The van der Waals surface area contributed by atoms with E-state index in [0.717, 1.165) is 36.3 Å². The van der Waals surface area contributed by atoms with Crippen LogP contribution in [0.4, 0.5) is 0 Å². The maximum Gasteiger partial charge on any atom is 0.259 e. The molecule has 31 heavy (non-hydrogen) atoms. The molecule has 1 aromatic carbocycles. The van der Waals surface area contributed by atoms with Gasteiger partial charge in [0.1, 0.15) is 16.4 Å². The summed E-state index contributed by atoms with van der Waals surface area (Å²) in [7, 11) is 3.13. The third-order valence-electron chi connectivity index (χ3n) is 5.78. The molecular weight excluding hydrogens is 416 g/mol. The highest BCUT2D eigenvalue weighted by Crippen LogP contribution is 2.36. The summed E-state index contributed by atoms with van der Waals surface area (Å²) in [4.78, 5) is 17.9. The second-order valence-electron chi connectivity index (χ2n) is 7.71. The van der Waals surface area contributed by atoms with Gasteiger partial charge in [-0.15, -0.1) is 21.5 Å². The summed E-state index contributed by atoms with van der Waals surface area (Å²) in [6, 6.07) is 5.21. The second kappa shape index (κ2) is 9.47. The molecule has 8 nitrogen and oxygen atoms in total. The van der Waals surface area contributed by atoms with Crippen molar-refractivity contribution < 1.29 is 18.7 Å². The number of carbonyl (C=O) groups excluding carboxylic acids is 1. The average molecular weight is 443 g/mol. The molecule has 0 aliphatic heterocycles. The van der Waals surface area contributed by atoms with Gasteiger partial charge in [0.05, 0.1) is 31.0 Å². The molecule has 2 heterocycles. The maximum absolute atomic E-state index is 12.7. The van der Waals surface area contributed by atoms with Gasteiger partial charge in [0, 0.05) is 12.5 Å². The van der Waals surface area contributed by atoms with Crippen molar-refractivity contribution in [2.75, 3.05) is 20.8 Å². The third kappa shape index (κ3) is 4.71. The maximum atomic E-state index is 12.7. The van der Waals surface area contributed by atoms with E-state index in [-0.39, 0.29) is 11.8 Å². The molecule has 0 saturated heterocycles. The van der Waals surface area contributed by atoms with Crippen LogP contribution in [0, 0.1) is 12.8 Å². The Balaban J connectivity index is 1.31. The van der Waals surface area contributed by atoms with Crippen molar-refractivity contribution in [3.63, 3.8) is 0 Å². The van der Waals surface area contributed by atoms with Crippen molar-refractivity contribution in [1.29, 1.82) is 0 Å². The number of ether oxygens (including phenoxy) is 2. The fraction of sp³-hybridized carbons (Fsp3) is 0.455. The van der Waals surface area contributed by atoms with Crippen LogP contribution in [0.2, 0.25) is 0 Å². The van der Waals surface area contributed by atoms with Crippen LogP contribution in [-0.2, 0) is 0 Å². The van der Waals surface area contributed by atoms with Crippen LogP contribution in [0.3, 0.4) is 0 Å². The zero-order valence-electron chi connectivity index (χ0n) is 17.9. The number of benzene rings is 1. The lowest BCUT2D eigenvalue weighted by Gasteiger charge is -2.26. The Morgan fingerprint density at radius 3 is 2.68 bits per heavy atom. The van der Waals surface area contributed by atoms with E-state index in [2.05, 4.69) is 20.5 Å². The molecule has 1 amide bonds. The predicted molar refractivity (Wildman–Crippen MR) is 117 cm³/mol. The Kier molecular flexibility index (Phi) is 6.50. The van der Waals surface area contributed by atoms with Gasteiger partial charge in [-0.05, 0) is 56.7 Å². The lowest BCUT2D eigenvalue weighted by atomic mass is 9.82. The van der Waals surface area contributed by atoms with E-state index in [4.69, 9.17) is 13.9 Å². The molecule has 0 unspecified atom stereocenters. The molecule has 0 spiro atoms. The Bertz CT molecular complexity index is 1040. The number of nitrogens with zero attached hydrogens (tertiary/aromatic N) is 3. The van der Waals surface area contributed by atoms with Crippen molar-refractivity contribution in [3.05, 3.63) is 40.9 Å². The zero-order chi connectivity index (χ0) is 21.8. The standard InChI is InChI=1S/C22H26N4O4S/c1-13-19(31-12-24-13)22-26-25-21(30-22)15-6-4-14(5-7-15)11-23-20(27)17-10-16(28-2)8-9-18(17)29-3/h8-10,12,14-15H,4-7,11H2,1-3H3,(H,23,27). The Morgan fingerprint density at radius 1 is 1.19 bits per heavy atom. The summed E-state index contributed by atoms with van der Waals surface area (Å²) in [5.41, 5.74) is 3.18. The summed E-state index contributed by atoms with van der Waals surface area (Å²) in [6.45, 7) is 2.57. The number of aromatic nitrogens is 3. The second-order valence-corrected chi connectivity index (χ2v) is 8.56. The summed E-state index contributed by atoms with van der Waals surface area (Å²) in [5, 5.41) is 11.5. The smallest absolute Gasteiger partial charge is 0.259 e. The average Bonchev–Trinajstić information content (AvgIpc) is 3.46. The van der Waals surface area contributed by atoms with Crippen molar-refractivity contribution >= 4 is 17.2 Å². The van der Waals surface area contributed by atoms with Gasteiger partial charge in [-0.2, -0.15) is 0 Å². The Hall–Kier alpha value is -2.94. The lowest BCUT2D eigenvalue weighted by Crippen LogP contribution is -2.31. The molecule has 0 radical (unpaired) electrons. The van der Waals surface area contributed by atoms with Crippen LogP contribution >= 0.6 is 11.3 Å². The molecule has 4 rings (SSSR count). The first-order valence-electron chi connectivity index (χ1n) is 10.3. The van der Waals surface area contributed by atoms with Gasteiger partial charge < -0.3 is 19.2 Å². The molecule has 1 N–H and O–H groups in total. The van der Waals surface area contributed by atoms with E-state index in [1.54, 1.807) is 37.9 Å². The van der Waals surface area contributed by atoms with Crippen LogP contribution in [-0.4, -0.2) is 41.9 Å². The quantitative estimate of drug-likeness (QED) is 0.585. The molecule has 0 atom stereocenters. The SMILES string of the molecule is COc1ccc(OC)c(C(=O)NCC2CCC(c3nnc(-c4scnc4C)o3)CC2)c1. The fourth-order valence-corrected chi connectivity index (χ4v) is 4.66. The first-order valence-corrected chi connectivity index (χ1v) is 11.2. The van der Waals surface area contributed by atoms with Crippen molar-refractivity contribution in [3.8, 4) is 22.3 Å². The number of aryl methyl sites for hydroxylation is 1. The predicted octanol–water partition coefficient (Wildman–Crippen LogP) is 4.22. The first kappa shape index (κ1) is 21.3. The van der Waals surface area contributed by atoms with Gasteiger partial charge in [0.25, 0.3) is 11.8 Å². The minimum absolute atomic E-state index is 0.153. The molecule has 1 saturated carbocycles. The molecular formula is C22H26N4O4S. The van der Waals surface area contributed by atoms with Gasteiger partial charge in [0.15, 0.2) is 0 Å². The highest BCUT2D eigenvalue weighted by molar-refractivity contribution is 7.13. The molecule has 1 fully saturated rings. The molecule has 3 aromatic rings. The fourth-order valence-electron chi connectivity index (χ4n) is 3.94. The molecule has 1 aliphatic rings. The van der Waals surface area contributed by atoms with Crippen LogP contribution in [0.15, 0.2) is 28.1 Å². The Morgan fingerprint density at radius 2 is 2.00 bits per heavy atom. The summed E-state index contributed by atoms with van der Waals surface area (Å²) in [5.74, 6) is 2.94. The number of hydrogen-bond acceptors (Lipinski definition) is 8. The van der Waals surface area contributed by atoms with Crippen LogP contribution in [0.5, 0.6) is 11.5 Å². The number of thiazole rings is 1. The van der Waals surface area contributed by atoms with E-state index in [1.165, 1.54) is 11.3 Å². The number of rotatable bonds is 7. The van der Waals surface area contributed by atoms with Gasteiger partial charge in [0.2, 0.25) is 5.89 Å². The third-order valence-corrected chi connectivity index (χ3v) is 6.70. The van der Waals surface area contributed by atoms with E-state index in [9.17, 15) is 4.79 Å². The highest BCUT2D eigenvalue weighted by Gasteiger charge is 2.27. The number of amides is 1. The van der Waals surface area contributed by atoms with Crippen LogP contribution < -0.4 is 14.8 Å². The van der Waals surface area contributed by atoms with Gasteiger partial charge in [-0.3, -0.25) is 4.79 Å². The van der Waals surface area contributed by atoms with Crippen molar-refractivity contribution in [2.45, 2.75) is 38.5 Å². The molecule has 0 bridgehead atoms. The number of nitrogens with one attached hydrogen (secondary N) is 1. The molecule has 164 valence electrons. The van der Waals surface area contributed by atoms with Gasteiger partial charge in [-0.25, -0.2) is 4.98 Å². The van der Waals surface area contributed by atoms with Crippen LogP contribution in [0.25, 0.3) is 10.8 Å².